The maximum Gasteiger partial charge on any atom is 0.275 e. The Bertz CT molecular complexity index is 484. The van der Waals surface area contributed by atoms with Crippen LogP contribution in [0, 0.1) is 6.92 Å². The average Bonchev–Trinajstić information content (AvgIpc) is 2.75. The van der Waals surface area contributed by atoms with Gasteiger partial charge in [0.25, 0.3) is 5.91 Å². The van der Waals surface area contributed by atoms with Gasteiger partial charge in [-0.05, 0) is 6.92 Å². The molecule has 2 rings (SSSR count). The minimum atomic E-state index is -0.221. The topological polar surface area (TPSA) is 75.6 Å². The first-order chi connectivity index (χ1) is 7.16. The monoisotopic (exact) mass is 205 g/mol. The summed E-state index contributed by atoms with van der Waals surface area (Å²) in [5, 5.41) is 9.32. The molecule has 0 bridgehead atoms. The maximum absolute atomic E-state index is 11.7. The Morgan fingerprint density at radius 2 is 2.40 bits per heavy atom. The lowest BCUT2D eigenvalue weighted by Crippen LogP contribution is -2.15. The van der Waals surface area contributed by atoms with Crippen molar-refractivity contribution in [3.05, 3.63) is 30.0 Å². The van der Waals surface area contributed by atoms with Gasteiger partial charge in [0.15, 0.2) is 5.82 Å². The summed E-state index contributed by atoms with van der Waals surface area (Å²) in [7, 11) is 1.76. The number of H-pyrrole nitrogens is 1. The molecule has 0 spiro atoms. The number of carbonyl (C=O) groups is 1. The summed E-state index contributed by atoms with van der Waals surface area (Å²) in [6.45, 7) is 1.87. The van der Waals surface area contributed by atoms with Gasteiger partial charge >= 0.3 is 0 Å². The van der Waals surface area contributed by atoms with Gasteiger partial charge < -0.3 is 9.88 Å². The van der Waals surface area contributed by atoms with Crippen molar-refractivity contribution in [2.75, 3.05) is 5.32 Å². The van der Waals surface area contributed by atoms with Gasteiger partial charge in [-0.15, -0.1) is 0 Å². The number of hydrogen-bond donors (Lipinski definition) is 2. The molecule has 0 aliphatic heterocycles. The minimum Gasteiger partial charge on any atom is -0.330 e. The van der Waals surface area contributed by atoms with E-state index in [4.69, 9.17) is 0 Å². The number of nitrogens with zero attached hydrogens (tertiary/aromatic N) is 3. The molecule has 0 aliphatic rings. The lowest BCUT2D eigenvalue weighted by molar-refractivity contribution is 0.101. The zero-order chi connectivity index (χ0) is 10.8. The first-order valence-corrected chi connectivity index (χ1v) is 4.46. The molecule has 0 unspecified atom stereocenters. The van der Waals surface area contributed by atoms with Crippen LogP contribution in [-0.2, 0) is 7.05 Å². The Labute approximate surface area is 86.3 Å². The molecule has 6 heteroatoms. The van der Waals surface area contributed by atoms with Crippen LogP contribution in [0.3, 0.4) is 0 Å². The molecule has 2 heterocycles. The summed E-state index contributed by atoms with van der Waals surface area (Å²) >= 11 is 0. The summed E-state index contributed by atoms with van der Waals surface area (Å²) in [5.74, 6) is 0.292. The Balaban J connectivity index is 2.14. The van der Waals surface area contributed by atoms with E-state index in [1.807, 2.05) is 6.92 Å². The van der Waals surface area contributed by atoms with Gasteiger partial charge in [0.1, 0.15) is 5.69 Å². The Kier molecular flexibility index (Phi) is 2.24. The molecule has 0 fully saturated rings. The number of nitrogens with one attached hydrogen (secondary N) is 2. The summed E-state index contributed by atoms with van der Waals surface area (Å²) < 4.78 is 1.65. The second-order valence-electron chi connectivity index (χ2n) is 3.28. The van der Waals surface area contributed by atoms with Gasteiger partial charge in [-0.1, -0.05) is 0 Å². The van der Waals surface area contributed by atoms with Crippen LogP contribution in [0.2, 0.25) is 0 Å². The van der Waals surface area contributed by atoms with E-state index < -0.39 is 0 Å². The lowest BCUT2D eigenvalue weighted by Gasteiger charge is -2.01. The van der Waals surface area contributed by atoms with E-state index in [1.54, 1.807) is 24.0 Å². The van der Waals surface area contributed by atoms with Gasteiger partial charge in [0.05, 0.1) is 12.5 Å². The fourth-order valence-corrected chi connectivity index (χ4v) is 1.24. The zero-order valence-electron chi connectivity index (χ0n) is 8.48. The molecule has 2 aromatic rings. The highest BCUT2D eigenvalue weighted by molar-refractivity contribution is 6.02. The van der Waals surface area contributed by atoms with E-state index in [0.29, 0.717) is 11.5 Å². The zero-order valence-corrected chi connectivity index (χ0v) is 8.48. The molecule has 0 saturated heterocycles. The Morgan fingerprint density at radius 3 is 2.93 bits per heavy atom. The standard InChI is InChI=1S/C9H11N5O/c1-6-3-8(13-12-6)11-9(15)7-4-10-5-14(7)2/h3-5H,1-2H3,(H2,11,12,13,15). The number of rotatable bonds is 2. The molecule has 0 saturated carbocycles. The van der Waals surface area contributed by atoms with Gasteiger partial charge in [0, 0.05) is 18.8 Å². The molecule has 2 N–H and O–H groups in total. The molecule has 0 atom stereocenters. The Hall–Kier alpha value is -2.11. The second-order valence-corrected chi connectivity index (χ2v) is 3.28. The van der Waals surface area contributed by atoms with E-state index in [1.165, 1.54) is 6.20 Å². The van der Waals surface area contributed by atoms with Crippen LogP contribution in [0.1, 0.15) is 16.2 Å². The van der Waals surface area contributed by atoms with Crippen molar-refractivity contribution < 1.29 is 4.79 Å². The molecule has 2 aromatic heterocycles. The summed E-state index contributed by atoms with van der Waals surface area (Å²) in [4.78, 5) is 15.5. The number of aromatic amines is 1. The van der Waals surface area contributed by atoms with E-state index >= 15 is 0 Å². The number of aryl methyl sites for hydroxylation is 2. The quantitative estimate of drug-likeness (QED) is 0.757. The van der Waals surface area contributed by atoms with Crippen LogP contribution in [0.25, 0.3) is 0 Å². The molecular formula is C9H11N5O. The predicted octanol–water partition coefficient (Wildman–Crippen LogP) is 0.704. The first-order valence-electron chi connectivity index (χ1n) is 4.46. The van der Waals surface area contributed by atoms with Crippen LogP contribution < -0.4 is 5.32 Å². The predicted molar refractivity (Wildman–Crippen MR) is 54.5 cm³/mol. The fraction of sp³-hybridized carbons (Fsp3) is 0.222. The molecular weight excluding hydrogens is 194 g/mol. The first kappa shape index (κ1) is 9.45. The highest BCUT2D eigenvalue weighted by Crippen LogP contribution is 2.06. The van der Waals surface area contributed by atoms with Crippen LogP contribution in [-0.4, -0.2) is 25.7 Å². The third kappa shape index (κ3) is 1.88. The minimum absolute atomic E-state index is 0.221. The second kappa shape index (κ2) is 3.56. The molecule has 6 nitrogen and oxygen atoms in total. The number of hydrogen-bond acceptors (Lipinski definition) is 3. The third-order valence-electron chi connectivity index (χ3n) is 2.00. The summed E-state index contributed by atoms with van der Waals surface area (Å²) in [5.41, 5.74) is 1.39. The van der Waals surface area contributed by atoms with Crippen LogP contribution in [0.4, 0.5) is 5.82 Å². The number of imidazole rings is 1. The normalized spacial score (nSPS) is 10.3. The van der Waals surface area contributed by atoms with Crippen LogP contribution >= 0.6 is 0 Å². The Morgan fingerprint density at radius 1 is 1.60 bits per heavy atom. The van der Waals surface area contributed by atoms with E-state index in [0.717, 1.165) is 5.69 Å². The fourth-order valence-electron chi connectivity index (χ4n) is 1.24. The summed E-state index contributed by atoms with van der Waals surface area (Å²) in [6.07, 6.45) is 3.08. The number of carbonyl (C=O) groups excluding carboxylic acids is 1. The largest absolute Gasteiger partial charge is 0.330 e. The van der Waals surface area contributed by atoms with Gasteiger partial charge in [-0.2, -0.15) is 5.10 Å². The van der Waals surface area contributed by atoms with Crippen molar-refractivity contribution in [3.63, 3.8) is 0 Å². The van der Waals surface area contributed by atoms with Gasteiger partial charge in [-0.3, -0.25) is 9.89 Å². The molecule has 0 aliphatic carbocycles. The van der Waals surface area contributed by atoms with Crippen molar-refractivity contribution in [1.82, 2.24) is 19.7 Å². The number of anilines is 1. The highest BCUT2D eigenvalue weighted by atomic mass is 16.2. The van der Waals surface area contributed by atoms with Crippen molar-refractivity contribution in [2.45, 2.75) is 6.92 Å². The van der Waals surface area contributed by atoms with E-state index in [9.17, 15) is 4.79 Å². The van der Waals surface area contributed by atoms with Crippen LogP contribution in [0.5, 0.6) is 0 Å². The van der Waals surface area contributed by atoms with Crippen molar-refractivity contribution in [1.29, 1.82) is 0 Å². The van der Waals surface area contributed by atoms with Crippen molar-refractivity contribution in [3.8, 4) is 0 Å². The van der Waals surface area contributed by atoms with Crippen LogP contribution in [0.15, 0.2) is 18.6 Å². The number of amides is 1. The smallest absolute Gasteiger partial charge is 0.275 e. The van der Waals surface area contributed by atoms with E-state index in [2.05, 4.69) is 20.5 Å². The molecule has 1 amide bonds. The van der Waals surface area contributed by atoms with E-state index in [-0.39, 0.29) is 5.91 Å². The van der Waals surface area contributed by atoms with Crippen molar-refractivity contribution >= 4 is 11.7 Å². The van der Waals surface area contributed by atoms with Gasteiger partial charge in [0.2, 0.25) is 0 Å². The third-order valence-corrected chi connectivity index (χ3v) is 2.00. The summed E-state index contributed by atoms with van der Waals surface area (Å²) in [6, 6.07) is 1.76. The van der Waals surface area contributed by atoms with Gasteiger partial charge in [-0.25, -0.2) is 4.98 Å². The molecule has 0 radical (unpaired) electrons. The molecule has 78 valence electrons. The van der Waals surface area contributed by atoms with Crippen molar-refractivity contribution in [2.24, 2.45) is 7.05 Å². The maximum atomic E-state index is 11.7. The highest BCUT2D eigenvalue weighted by Gasteiger charge is 2.10. The SMILES string of the molecule is Cc1cc(NC(=O)c2cncn2C)n[nH]1. The molecule has 15 heavy (non-hydrogen) atoms. The lowest BCUT2D eigenvalue weighted by atomic mass is 10.4. The molecule has 0 aromatic carbocycles. The number of aromatic nitrogens is 4. The average molecular weight is 205 g/mol.